The summed E-state index contributed by atoms with van der Waals surface area (Å²) in [5.41, 5.74) is 5.07. The maximum absolute atomic E-state index is 6.70. The first-order valence-electron chi connectivity index (χ1n) is 14.4. The van der Waals surface area contributed by atoms with Crippen LogP contribution in [0.1, 0.15) is 135 Å². The molecule has 0 N–H and O–H groups in total. The minimum Gasteiger partial charge on any atom is -0.496 e. The van der Waals surface area contributed by atoms with Crippen LogP contribution in [0.5, 0.6) is 11.5 Å². The average molecular weight is 475 g/mol. The van der Waals surface area contributed by atoms with Gasteiger partial charge in [0.2, 0.25) is 0 Å². The van der Waals surface area contributed by atoms with Crippen molar-refractivity contribution in [1.29, 1.82) is 0 Å². The number of methoxy groups -OCH3 is 1. The third kappa shape index (κ3) is 9.12. The lowest BCUT2D eigenvalue weighted by Crippen LogP contribution is -2.37. The highest BCUT2D eigenvalue weighted by molar-refractivity contribution is 5.58. The fourth-order valence-electron chi connectivity index (χ4n) is 5.57. The van der Waals surface area contributed by atoms with Crippen LogP contribution in [0, 0.1) is 38.5 Å². The molecule has 3 unspecified atom stereocenters. The maximum atomic E-state index is 6.70. The Kier molecular flexibility index (Phi) is 13.7. The first kappa shape index (κ1) is 30.9. The molecule has 0 fully saturated rings. The van der Waals surface area contributed by atoms with E-state index in [0.717, 1.165) is 48.5 Å². The molecule has 1 aromatic rings. The van der Waals surface area contributed by atoms with Crippen LogP contribution in [0.25, 0.3) is 0 Å². The molecule has 3 atom stereocenters. The van der Waals surface area contributed by atoms with E-state index in [2.05, 4.69) is 55.4 Å². The number of rotatable bonds is 13. The summed E-state index contributed by atoms with van der Waals surface area (Å²) in [7, 11) is 1.78. The van der Waals surface area contributed by atoms with Crippen molar-refractivity contribution < 1.29 is 9.47 Å². The van der Waals surface area contributed by atoms with E-state index in [1.807, 2.05) is 13.8 Å². The van der Waals surface area contributed by atoms with Gasteiger partial charge < -0.3 is 9.47 Å². The number of benzene rings is 1. The van der Waals surface area contributed by atoms with Gasteiger partial charge in [0.15, 0.2) is 0 Å². The van der Waals surface area contributed by atoms with Gasteiger partial charge in [0.05, 0.1) is 7.11 Å². The van der Waals surface area contributed by atoms with Gasteiger partial charge in [-0.25, -0.2) is 0 Å². The molecule has 1 aliphatic rings. The van der Waals surface area contributed by atoms with Crippen molar-refractivity contribution in [3.8, 4) is 11.5 Å². The van der Waals surface area contributed by atoms with E-state index in [0.29, 0.717) is 0 Å². The highest BCUT2D eigenvalue weighted by Crippen LogP contribution is 2.44. The molecule has 2 heteroatoms. The normalized spacial score (nSPS) is 19.1. The van der Waals surface area contributed by atoms with Crippen LogP contribution >= 0.6 is 0 Å². The monoisotopic (exact) mass is 474 g/mol. The Labute approximate surface area is 213 Å². The van der Waals surface area contributed by atoms with Gasteiger partial charge in [-0.15, -0.1) is 0 Å². The van der Waals surface area contributed by atoms with Crippen LogP contribution in [-0.2, 0) is 6.42 Å². The quantitative estimate of drug-likeness (QED) is 0.283. The van der Waals surface area contributed by atoms with E-state index < -0.39 is 0 Å². The summed E-state index contributed by atoms with van der Waals surface area (Å²) in [6.07, 6.45) is 14.3. The fraction of sp³-hybridized carbons (Fsp3) is 0.812. The summed E-state index contributed by atoms with van der Waals surface area (Å²) in [6.45, 7) is 22.4. The molecule has 1 aliphatic heterocycles. The smallest absolute Gasteiger partial charge is 0.127 e. The van der Waals surface area contributed by atoms with Crippen LogP contribution in [0.3, 0.4) is 0 Å². The van der Waals surface area contributed by atoms with Gasteiger partial charge in [-0.1, -0.05) is 86.5 Å². The highest BCUT2D eigenvalue weighted by Gasteiger charge is 2.34. The molecule has 2 rings (SSSR count). The summed E-state index contributed by atoms with van der Waals surface area (Å²) >= 11 is 0. The lowest BCUT2D eigenvalue weighted by atomic mass is 9.83. The Morgan fingerprint density at radius 3 is 1.85 bits per heavy atom. The van der Waals surface area contributed by atoms with E-state index in [4.69, 9.17) is 9.47 Å². The van der Waals surface area contributed by atoms with Gasteiger partial charge in [0.1, 0.15) is 17.1 Å². The van der Waals surface area contributed by atoms with E-state index in [-0.39, 0.29) is 5.60 Å². The lowest BCUT2D eigenvalue weighted by molar-refractivity contribution is 0.0512. The zero-order valence-electron chi connectivity index (χ0n) is 24.8. The Morgan fingerprint density at radius 2 is 1.32 bits per heavy atom. The van der Waals surface area contributed by atoms with Gasteiger partial charge in [0.25, 0.3) is 0 Å². The van der Waals surface area contributed by atoms with Crippen molar-refractivity contribution in [1.82, 2.24) is 0 Å². The van der Waals surface area contributed by atoms with Gasteiger partial charge in [-0.3, -0.25) is 0 Å². The number of ether oxygens (including phenoxy) is 2. The zero-order chi connectivity index (χ0) is 25.9. The van der Waals surface area contributed by atoms with Crippen molar-refractivity contribution >= 4 is 0 Å². The Balaban J connectivity index is 0.00000281. The van der Waals surface area contributed by atoms with E-state index in [9.17, 15) is 0 Å². The molecule has 1 aromatic carbocycles. The number of hydrogen-bond donors (Lipinski definition) is 0. The summed E-state index contributed by atoms with van der Waals surface area (Å²) in [4.78, 5) is 0. The highest BCUT2D eigenvalue weighted by atomic mass is 16.5. The summed E-state index contributed by atoms with van der Waals surface area (Å²) in [6, 6.07) is 0. The van der Waals surface area contributed by atoms with E-state index in [1.165, 1.54) is 73.6 Å². The standard InChI is InChI=1S/C30H52O2.C2H6/c1-21(2)13-10-14-22(3)15-11-16-23(4)17-12-19-30(8)20-18-27-26(7)28(31-9)24(5)25(6)29(27)32-30;1-2/h21-23H,10-20H2,1-9H3;1-2H3. The zero-order valence-corrected chi connectivity index (χ0v) is 24.8. The molecule has 198 valence electrons. The third-order valence-corrected chi connectivity index (χ3v) is 8.04. The van der Waals surface area contributed by atoms with Crippen LogP contribution in [0.4, 0.5) is 0 Å². The van der Waals surface area contributed by atoms with Crippen molar-refractivity contribution in [2.75, 3.05) is 7.11 Å². The van der Waals surface area contributed by atoms with Gasteiger partial charge in [-0.05, 0) is 87.8 Å². The Bertz CT molecular complexity index is 720. The predicted molar refractivity (Wildman–Crippen MR) is 151 cm³/mol. The molecule has 0 saturated carbocycles. The molecule has 0 aliphatic carbocycles. The number of hydrogen-bond acceptors (Lipinski definition) is 2. The SMILES string of the molecule is CC.COc1c(C)c(C)c2c(c1C)CCC(C)(CCCC(C)CCCC(C)CCCC(C)C)O2. The molecule has 34 heavy (non-hydrogen) atoms. The average Bonchev–Trinajstić information content (AvgIpc) is 2.79. The molecule has 0 aromatic heterocycles. The molecule has 0 radical (unpaired) electrons. The van der Waals surface area contributed by atoms with Crippen molar-refractivity contribution in [3.05, 3.63) is 22.3 Å². The third-order valence-electron chi connectivity index (χ3n) is 8.04. The van der Waals surface area contributed by atoms with Gasteiger partial charge in [-0.2, -0.15) is 0 Å². The Morgan fingerprint density at radius 1 is 0.794 bits per heavy atom. The summed E-state index contributed by atoms with van der Waals surface area (Å²) in [5.74, 6) is 4.74. The van der Waals surface area contributed by atoms with E-state index >= 15 is 0 Å². The van der Waals surface area contributed by atoms with Gasteiger partial charge in [0, 0.05) is 5.56 Å². The minimum absolute atomic E-state index is 0.0319. The van der Waals surface area contributed by atoms with Crippen molar-refractivity contribution in [2.24, 2.45) is 17.8 Å². The second-order valence-corrected chi connectivity index (χ2v) is 11.6. The number of fused-ring (bicyclic) bond motifs is 1. The largest absolute Gasteiger partial charge is 0.496 e. The second kappa shape index (κ2) is 15.0. The van der Waals surface area contributed by atoms with E-state index in [1.54, 1.807) is 7.11 Å². The first-order chi connectivity index (χ1) is 16.1. The minimum atomic E-state index is -0.0319. The Hall–Kier alpha value is -1.18. The maximum Gasteiger partial charge on any atom is 0.127 e. The molecule has 0 amide bonds. The van der Waals surface area contributed by atoms with Crippen molar-refractivity contribution in [2.45, 2.75) is 145 Å². The molecule has 1 heterocycles. The van der Waals surface area contributed by atoms with Crippen LogP contribution in [-0.4, -0.2) is 12.7 Å². The van der Waals surface area contributed by atoms with Crippen LogP contribution < -0.4 is 9.47 Å². The fourth-order valence-corrected chi connectivity index (χ4v) is 5.57. The topological polar surface area (TPSA) is 18.5 Å². The lowest BCUT2D eigenvalue weighted by Gasteiger charge is -2.38. The summed E-state index contributed by atoms with van der Waals surface area (Å²) < 4.78 is 12.4. The second-order valence-electron chi connectivity index (χ2n) is 11.6. The molecular formula is C32H58O2. The van der Waals surface area contributed by atoms with Crippen molar-refractivity contribution in [3.63, 3.8) is 0 Å². The van der Waals surface area contributed by atoms with Crippen LogP contribution in [0.15, 0.2) is 0 Å². The summed E-state index contributed by atoms with van der Waals surface area (Å²) in [5, 5.41) is 0. The van der Waals surface area contributed by atoms with Crippen LogP contribution in [0.2, 0.25) is 0 Å². The predicted octanol–water partition coefficient (Wildman–Crippen LogP) is 10.2. The molecule has 2 nitrogen and oxygen atoms in total. The molecule has 0 saturated heterocycles. The molecular weight excluding hydrogens is 416 g/mol. The molecule has 0 spiro atoms. The molecule has 0 bridgehead atoms. The van der Waals surface area contributed by atoms with Gasteiger partial charge >= 0.3 is 0 Å². The first-order valence-corrected chi connectivity index (χ1v) is 14.4.